The molecule has 0 aliphatic heterocycles. The molecular formula is C10H9F4NO2. The molecule has 7 heteroatoms. The fourth-order valence-electron chi connectivity index (χ4n) is 1.22. The third kappa shape index (κ3) is 2.94. The average molecular weight is 251 g/mol. The standard InChI is InChI=1S/C10H9F4NO2/c1-17-9(16)8(15)5-2-3-6(7(11)4-5)10(12,13)14/h2-4,8H,15H2,1H3. The molecule has 1 atom stereocenters. The van der Waals surface area contributed by atoms with E-state index in [1.165, 1.54) is 0 Å². The minimum atomic E-state index is -4.78. The number of ether oxygens (including phenoxy) is 1. The zero-order chi connectivity index (χ0) is 13.2. The zero-order valence-electron chi connectivity index (χ0n) is 8.72. The number of methoxy groups -OCH3 is 1. The van der Waals surface area contributed by atoms with Crippen LogP contribution < -0.4 is 5.73 Å². The predicted molar refractivity (Wildman–Crippen MR) is 50.3 cm³/mol. The Bertz CT molecular complexity index is 431. The third-order valence-corrected chi connectivity index (χ3v) is 2.11. The molecule has 1 aromatic rings. The number of alkyl halides is 3. The predicted octanol–water partition coefficient (Wildman–Crippen LogP) is 2.02. The van der Waals surface area contributed by atoms with Crippen LogP contribution in [0.5, 0.6) is 0 Å². The number of esters is 1. The van der Waals surface area contributed by atoms with Crippen molar-refractivity contribution in [2.45, 2.75) is 12.2 Å². The van der Waals surface area contributed by atoms with Gasteiger partial charge in [0.15, 0.2) is 0 Å². The van der Waals surface area contributed by atoms with Crippen molar-refractivity contribution in [1.29, 1.82) is 0 Å². The molecule has 2 N–H and O–H groups in total. The second-order valence-corrected chi connectivity index (χ2v) is 3.24. The molecule has 0 fully saturated rings. The highest BCUT2D eigenvalue weighted by Gasteiger charge is 2.34. The normalized spacial score (nSPS) is 13.3. The molecule has 0 spiro atoms. The number of carbonyl (C=O) groups excluding carboxylic acids is 1. The quantitative estimate of drug-likeness (QED) is 0.646. The van der Waals surface area contributed by atoms with Crippen LogP contribution in [0.3, 0.4) is 0 Å². The van der Waals surface area contributed by atoms with Crippen LogP contribution in [0.2, 0.25) is 0 Å². The van der Waals surface area contributed by atoms with Crippen molar-refractivity contribution in [3.8, 4) is 0 Å². The molecule has 0 bridgehead atoms. The highest BCUT2D eigenvalue weighted by Crippen LogP contribution is 2.32. The van der Waals surface area contributed by atoms with Crippen molar-refractivity contribution in [3.05, 3.63) is 35.1 Å². The molecule has 0 aromatic heterocycles. The molecule has 1 rings (SSSR count). The van der Waals surface area contributed by atoms with E-state index < -0.39 is 29.6 Å². The molecule has 1 aromatic carbocycles. The Balaban J connectivity index is 3.09. The van der Waals surface area contributed by atoms with Gasteiger partial charge in [0.05, 0.1) is 12.7 Å². The lowest BCUT2D eigenvalue weighted by molar-refractivity contribution is -0.142. The fourth-order valence-corrected chi connectivity index (χ4v) is 1.22. The number of hydrogen-bond acceptors (Lipinski definition) is 3. The summed E-state index contributed by atoms with van der Waals surface area (Å²) in [5, 5.41) is 0. The first-order valence-corrected chi connectivity index (χ1v) is 4.47. The van der Waals surface area contributed by atoms with E-state index in [0.717, 1.165) is 13.2 Å². The number of carbonyl (C=O) groups is 1. The molecule has 0 aliphatic rings. The summed E-state index contributed by atoms with van der Waals surface area (Å²) in [5.41, 5.74) is 3.87. The summed E-state index contributed by atoms with van der Waals surface area (Å²) >= 11 is 0. The van der Waals surface area contributed by atoms with E-state index >= 15 is 0 Å². The van der Waals surface area contributed by atoms with E-state index in [2.05, 4.69) is 4.74 Å². The van der Waals surface area contributed by atoms with Crippen LogP contribution in [-0.2, 0) is 15.7 Å². The highest BCUT2D eigenvalue weighted by molar-refractivity contribution is 5.77. The van der Waals surface area contributed by atoms with E-state index in [1.807, 2.05) is 0 Å². The maximum atomic E-state index is 13.1. The Morgan fingerprint density at radius 3 is 2.41 bits per heavy atom. The molecule has 3 nitrogen and oxygen atoms in total. The number of halogens is 4. The molecule has 0 heterocycles. The minimum Gasteiger partial charge on any atom is -0.468 e. The van der Waals surface area contributed by atoms with Crippen LogP contribution in [0.15, 0.2) is 18.2 Å². The first-order chi connectivity index (χ1) is 7.77. The Hall–Kier alpha value is -1.63. The van der Waals surface area contributed by atoms with Crippen LogP contribution in [0.4, 0.5) is 17.6 Å². The van der Waals surface area contributed by atoms with Gasteiger partial charge in [-0.3, -0.25) is 4.79 Å². The molecule has 17 heavy (non-hydrogen) atoms. The van der Waals surface area contributed by atoms with Crippen molar-refractivity contribution in [3.63, 3.8) is 0 Å². The molecular weight excluding hydrogens is 242 g/mol. The number of hydrogen-bond donors (Lipinski definition) is 1. The fraction of sp³-hybridized carbons (Fsp3) is 0.300. The Morgan fingerprint density at radius 1 is 1.41 bits per heavy atom. The average Bonchev–Trinajstić information content (AvgIpc) is 2.25. The summed E-state index contributed by atoms with van der Waals surface area (Å²) in [5.74, 6) is -2.33. The van der Waals surface area contributed by atoms with Crippen molar-refractivity contribution in [2.75, 3.05) is 7.11 Å². The summed E-state index contributed by atoms with van der Waals surface area (Å²) in [6, 6.07) is 0.738. The summed E-state index contributed by atoms with van der Waals surface area (Å²) < 4.78 is 54.2. The van der Waals surface area contributed by atoms with Gasteiger partial charge in [-0.25, -0.2) is 4.39 Å². The molecule has 1 unspecified atom stereocenters. The van der Waals surface area contributed by atoms with Crippen molar-refractivity contribution in [2.24, 2.45) is 5.73 Å². The second kappa shape index (κ2) is 4.70. The number of benzene rings is 1. The largest absolute Gasteiger partial charge is 0.468 e. The smallest absolute Gasteiger partial charge is 0.419 e. The number of rotatable bonds is 2. The number of nitrogens with two attached hydrogens (primary N) is 1. The molecule has 0 amide bonds. The van der Waals surface area contributed by atoms with Gasteiger partial charge in [-0.15, -0.1) is 0 Å². The van der Waals surface area contributed by atoms with Crippen LogP contribution in [-0.4, -0.2) is 13.1 Å². The maximum Gasteiger partial charge on any atom is 0.419 e. The van der Waals surface area contributed by atoms with E-state index in [4.69, 9.17) is 5.73 Å². The van der Waals surface area contributed by atoms with Crippen LogP contribution in [0.25, 0.3) is 0 Å². The van der Waals surface area contributed by atoms with Gasteiger partial charge in [-0.2, -0.15) is 13.2 Å². The first kappa shape index (κ1) is 13.4. The van der Waals surface area contributed by atoms with Crippen LogP contribution >= 0.6 is 0 Å². The molecule has 0 saturated heterocycles. The lowest BCUT2D eigenvalue weighted by atomic mass is 10.0. The van der Waals surface area contributed by atoms with Gasteiger partial charge in [0.2, 0.25) is 0 Å². The topological polar surface area (TPSA) is 52.3 Å². The summed E-state index contributed by atoms with van der Waals surface area (Å²) in [6.45, 7) is 0. The van der Waals surface area contributed by atoms with Crippen LogP contribution in [0.1, 0.15) is 17.2 Å². The summed E-state index contributed by atoms with van der Waals surface area (Å²) in [4.78, 5) is 11.0. The second-order valence-electron chi connectivity index (χ2n) is 3.24. The maximum absolute atomic E-state index is 13.1. The van der Waals surface area contributed by atoms with Gasteiger partial charge in [0, 0.05) is 0 Å². The van der Waals surface area contributed by atoms with Crippen molar-refractivity contribution in [1.82, 2.24) is 0 Å². The van der Waals surface area contributed by atoms with E-state index in [0.29, 0.717) is 12.1 Å². The molecule has 0 saturated carbocycles. The van der Waals surface area contributed by atoms with Gasteiger partial charge in [0.25, 0.3) is 0 Å². The van der Waals surface area contributed by atoms with E-state index in [1.54, 1.807) is 0 Å². The molecule has 0 aliphatic carbocycles. The SMILES string of the molecule is COC(=O)C(N)c1ccc(C(F)(F)F)c(F)c1. The minimum absolute atomic E-state index is 0.0812. The van der Waals surface area contributed by atoms with Crippen molar-refractivity contribution < 1.29 is 27.1 Å². The Morgan fingerprint density at radius 2 is 2.00 bits per heavy atom. The monoisotopic (exact) mass is 251 g/mol. The van der Waals surface area contributed by atoms with E-state index in [-0.39, 0.29) is 5.56 Å². The van der Waals surface area contributed by atoms with Gasteiger partial charge in [0.1, 0.15) is 11.9 Å². The zero-order valence-corrected chi connectivity index (χ0v) is 8.72. The molecule has 0 radical (unpaired) electrons. The summed E-state index contributed by atoms with van der Waals surface area (Å²) in [6.07, 6.45) is -4.78. The van der Waals surface area contributed by atoms with Crippen LogP contribution in [0, 0.1) is 5.82 Å². The molecule has 94 valence electrons. The van der Waals surface area contributed by atoms with Gasteiger partial charge >= 0.3 is 12.1 Å². The highest BCUT2D eigenvalue weighted by atomic mass is 19.4. The first-order valence-electron chi connectivity index (χ1n) is 4.47. The van der Waals surface area contributed by atoms with E-state index in [9.17, 15) is 22.4 Å². The Kier molecular flexibility index (Phi) is 3.72. The summed E-state index contributed by atoms with van der Waals surface area (Å²) in [7, 11) is 1.07. The van der Waals surface area contributed by atoms with Crippen molar-refractivity contribution >= 4 is 5.97 Å². The van der Waals surface area contributed by atoms with Gasteiger partial charge in [-0.05, 0) is 17.7 Å². The van der Waals surface area contributed by atoms with Gasteiger partial charge in [-0.1, -0.05) is 6.07 Å². The lowest BCUT2D eigenvalue weighted by Crippen LogP contribution is -2.23. The Labute approximate surface area is 94.2 Å². The lowest BCUT2D eigenvalue weighted by Gasteiger charge is -2.12. The third-order valence-electron chi connectivity index (χ3n) is 2.11. The van der Waals surface area contributed by atoms with Gasteiger partial charge < -0.3 is 10.5 Å².